The summed E-state index contributed by atoms with van der Waals surface area (Å²) in [5.41, 5.74) is 2.29. The second-order valence-corrected chi connectivity index (χ2v) is 5.05. The number of hydrogen-bond donors (Lipinski definition) is 0. The number of fused-ring (bicyclic) bond motifs is 2. The maximum Gasteiger partial charge on any atom is 0.166 e. The largest absolute Gasteiger partial charge is 0.294 e. The fraction of sp³-hybridized carbons (Fsp3) is 0.400. The average molecular weight is 212 g/mol. The van der Waals surface area contributed by atoms with Crippen molar-refractivity contribution in [3.63, 3.8) is 0 Å². The molecule has 1 spiro atoms. The van der Waals surface area contributed by atoms with E-state index < -0.39 is 0 Å². The molecule has 1 saturated carbocycles. The zero-order valence-electron chi connectivity index (χ0n) is 9.57. The molecule has 0 saturated heterocycles. The van der Waals surface area contributed by atoms with Gasteiger partial charge in [-0.25, -0.2) is 0 Å². The number of hydrogen-bond acceptors (Lipinski definition) is 1. The maximum absolute atomic E-state index is 12.3. The van der Waals surface area contributed by atoms with Gasteiger partial charge in [-0.3, -0.25) is 4.79 Å². The van der Waals surface area contributed by atoms with Crippen LogP contribution in [0.5, 0.6) is 0 Å². The summed E-state index contributed by atoms with van der Waals surface area (Å²) in [7, 11) is 0. The van der Waals surface area contributed by atoms with Gasteiger partial charge in [-0.05, 0) is 36.0 Å². The first kappa shape index (κ1) is 9.83. The second kappa shape index (κ2) is 3.31. The van der Waals surface area contributed by atoms with Crippen molar-refractivity contribution in [3.05, 3.63) is 41.5 Å². The molecule has 0 aromatic heterocycles. The Morgan fingerprint density at radius 3 is 2.81 bits per heavy atom. The molecule has 0 unspecified atom stereocenters. The smallest absolute Gasteiger partial charge is 0.166 e. The molecule has 16 heavy (non-hydrogen) atoms. The molecule has 0 radical (unpaired) electrons. The predicted octanol–water partition coefficient (Wildman–Crippen LogP) is 3.34. The lowest BCUT2D eigenvalue weighted by atomic mass is 9.66. The monoisotopic (exact) mass is 212 g/mol. The van der Waals surface area contributed by atoms with Crippen LogP contribution in [-0.2, 0) is 10.2 Å². The molecule has 2 aliphatic rings. The summed E-state index contributed by atoms with van der Waals surface area (Å²) in [5, 5.41) is 0. The third-order valence-corrected chi connectivity index (χ3v) is 4.34. The number of carbonyl (C=O) groups excluding carboxylic acids is 1. The van der Waals surface area contributed by atoms with E-state index in [0.717, 1.165) is 6.42 Å². The lowest BCUT2D eigenvalue weighted by Crippen LogP contribution is -2.39. The van der Waals surface area contributed by atoms with E-state index in [1.165, 1.54) is 24.0 Å². The Labute approximate surface area is 96.2 Å². The number of allylic oxidation sites excluding steroid dienone is 1. The summed E-state index contributed by atoms with van der Waals surface area (Å²) in [4.78, 5) is 12.3. The highest BCUT2D eigenvalue weighted by Crippen LogP contribution is 2.49. The van der Waals surface area contributed by atoms with Crippen LogP contribution in [0, 0.1) is 5.92 Å². The van der Waals surface area contributed by atoms with Crippen molar-refractivity contribution in [2.24, 2.45) is 5.92 Å². The number of carbonyl (C=O) groups is 1. The molecule has 3 rings (SSSR count). The molecule has 2 atom stereocenters. The zero-order chi connectivity index (χ0) is 11.2. The Balaban J connectivity index is 2.25. The van der Waals surface area contributed by atoms with Crippen LogP contribution in [0.1, 0.15) is 37.3 Å². The van der Waals surface area contributed by atoms with Gasteiger partial charge in [0.05, 0.1) is 5.41 Å². The van der Waals surface area contributed by atoms with Gasteiger partial charge < -0.3 is 0 Å². The van der Waals surface area contributed by atoms with Gasteiger partial charge in [0, 0.05) is 0 Å². The van der Waals surface area contributed by atoms with E-state index in [9.17, 15) is 4.79 Å². The summed E-state index contributed by atoms with van der Waals surface area (Å²) in [5.74, 6) is 0.794. The minimum absolute atomic E-state index is 0.203. The molecule has 1 aromatic rings. The van der Waals surface area contributed by atoms with Crippen molar-refractivity contribution in [2.45, 2.75) is 31.6 Å². The summed E-state index contributed by atoms with van der Waals surface area (Å²) in [6.07, 6.45) is 7.12. The van der Waals surface area contributed by atoms with E-state index >= 15 is 0 Å². The normalized spacial score (nSPS) is 32.1. The minimum Gasteiger partial charge on any atom is -0.294 e. The Hall–Kier alpha value is -1.37. The molecular weight excluding hydrogens is 196 g/mol. The third-order valence-electron chi connectivity index (χ3n) is 4.34. The topological polar surface area (TPSA) is 17.1 Å². The summed E-state index contributed by atoms with van der Waals surface area (Å²) in [6, 6.07) is 8.36. The van der Waals surface area contributed by atoms with Gasteiger partial charge >= 0.3 is 0 Å². The molecule has 0 bridgehead atoms. The van der Waals surface area contributed by atoms with Crippen LogP contribution in [0.3, 0.4) is 0 Å². The molecule has 1 nitrogen and oxygen atoms in total. The van der Waals surface area contributed by atoms with E-state index in [0.29, 0.717) is 11.7 Å². The Bertz CT molecular complexity index is 472. The molecule has 0 aliphatic heterocycles. The van der Waals surface area contributed by atoms with Gasteiger partial charge in [-0.15, -0.1) is 0 Å². The SMILES string of the molecule is C[C@H]1CCC[C@@]12C(=O)C=Cc1ccccc12. The lowest BCUT2D eigenvalue weighted by molar-refractivity contribution is -0.121. The van der Waals surface area contributed by atoms with E-state index in [2.05, 4.69) is 25.1 Å². The van der Waals surface area contributed by atoms with Crippen LogP contribution in [0.15, 0.2) is 30.3 Å². The van der Waals surface area contributed by atoms with E-state index in [1.54, 1.807) is 6.08 Å². The quantitative estimate of drug-likeness (QED) is 0.644. The van der Waals surface area contributed by atoms with Crippen molar-refractivity contribution < 1.29 is 4.79 Å². The second-order valence-electron chi connectivity index (χ2n) is 5.05. The van der Waals surface area contributed by atoms with Gasteiger partial charge in [0.15, 0.2) is 5.78 Å². The molecular formula is C15H16O. The highest BCUT2D eigenvalue weighted by Gasteiger charge is 2.48. The standard InChI is InChI=1S/C15H16O/c1-11-5-4-10-15(11)13-7-3-2-6-12(13)8-9-14(15)16/h2-3,6-9,11H,4-5,10H2,1H3/t11-,15+/m0/s1. The molecule has 0 amide bonds. The molecule has 1 fully saturated rings. The van der Waals surface area contributed by atoms with Crippen LogP contribution < -0.4 is 0 Å². The van der Waals surface area contributed by atoms with Crippen LogP contribution in [0.25, 0.3) is 6.08 Å². The molecule has 2 aliphatic carbocycles. The third kappa shape index (κ3) is 1.09. The maximum atomic E-state index is 12.3. The Morgan fingerprint density at radius 2 is 2.06 bits per heavy atom. The van der Waals surface area contributed by atoms with Gasteiger partial charge in [-0.2, -0.15) is 0 Å². The number of rotatable bonds is 0. The minimum atomic E-state index is -0.203. The van der Waals surface area contributed by atoms with E-state index in [1.807, 2.05) is 12.1 Å². The highest BCUT2D eigenvalue weighted by atomic mass is 16.1. The van der Waals surface area contributed by atoms with Crippen molar-refractivity contribution in [2.75, 3.05) is 0 Å². The molecule has 82 valence electrons. The van der Waals surface area contributed by atoms with Gasteiger partial charge in [-0.1, -0.05) is 43.7 Å². The fourth-order valence-electron chi connectivity index (χ4n) is 3.44. The molecule has 0 N–H and O–H groups in total. The van der Waals surface area contributed by atoms with Crippen molar-refractivity contribution in [1.82, 2.24) is 0 Å². The molecule has 0 heterocycles. The Morgan fingerprint density at radius 1 is 1.25 bits per heavy atom. The van der Waals surface area contributed by atoms with Crippen molar-refractivity contribution in [1.29, 1.82) is 0 Å². The summed E-state index contributed by atoms with van der Waals surface area (Å²) < 4.78 is 0. The first-order valence-corrected chi connectivity index (χ1v) is 6.07. The first-order valence-electron chi connectivity index (χ1n) is 6.07. The fourth-order valence-corrected chi connectivity index (χ4v) is 3.44. The van der Waals surface area contributed by atoms with Crippen LogP contribution in [0.2, 0.25) is 0 Å². The average Bonchev–Trinajstić information content (AvgIpc) is 2.68. The van der Waals surface area contributed by atoms with Crippen molar-refractivity contribution >= 4 is 11.9 Å². The highest BCUT2D eigenvalue weighted by molar-refractivity contribution is 6.05. The van der Waals surface area contributed by atoms with Crippen LogP contribution in [-0.4, -0.2) is 5.78 Å². The van der Waals surface area contributed by atoms with Gasteiger partial charge in [0.25, 0.3) is 0 Å². The first-order chi connectivity index (χ1) is 7.75. The van der Waals surface area contributed by atoms with Crippen LogP contribution in [0.4, 0.5) is 0 Å². The van der Waals surface area contributed by atoms with E-state index in [-0.39, 0.29) is 5.41 Å². The summed E-state index contributed by atoms with van der Waals surface area (Å²) in [6.45, 7) is 2.22. The molecule has 1 heteroatoms. The van der Waals surface area contributed by atoms with E-state index in [4.69, 9.17) is 0 Å². The molecule has 1 aromatic carbocycles. The summed E-state index contributed by atoms with van der Waals surface area (Å²) >= 11 is 0. The lowest BCUT2D eigenvalue weighted by Gasteiger charge is -2.35. The predicted molar refractivity (Wildman–Crippen MR) is 65.2 cm³/mol. The number of ketones is 1. The Kier molecular flexibility index (Phi) is 2.03. The van der Waals surface area contributed by atoms with Gasteiger partial charge in [0.2, 0.25) is 0 Å². The van der Waals surface area contributed by atoms with Crippen LogP contribution >= 0.6 is 0 Å². The van der Waals surface area contributed by atoms with Gasteiger partial charge in [0.1, 0.15) is 0 Å². The number of benzene rings is 1. The van der Waals surface area contributed by atoms with Crippen molar-refractivity contribution in [3.8, 4) is 0 Å². The zero-order valence-corrected chi connectivity index (χ0v) is 9.57.